The number of hydrogen-bond acceptors (Lipinski definition) is 3. The topological polar surface area (TPSA) is 34.4 Å². The maximum absolute atomic E-state index is 5.88. The van der Waals surface area contributed by atoms with Crippen LogP contribution in [0.3, 0.4) is 0 Å². The van der Waals surface area contributed by atoms with Gasteiger partial charge in [0.2, 0.25) is 0 Å². The molecule has 0 saturated heterocycles. The van der Waals surface area contributed by atoms with Crippen molar-refractivity contribution in [3.05, 3.63) is 58.0 Å². The first-order chi connectivity index (χ1) is 10.2. The smallest absolute Gasteiger partial charge is 0.129 e. The second-order valence-corrected chi connectivity index (χ2v) is 5.99. The van der Waals surface area contributed by atoms with Crippen LogP contribution in [0.4, 0.5) is 0 Å². The average Bonchev–Trinajstić information content (AvgIpc) is 2.94. The normalized spacial score (nSPS) is 12.5. The summed E-state index contributed by atoms with van der Waals surface area (Å²) in [7, 11) is 1.68. The molecule has 0 bridgehead atoms. The molecule has 0 aliphatic carbocycles. The Morgan fingerprint density at radius 1 is 1.19 bits per heavy atom. The number of rotatable bonds is 8. The van der Waals surface area contributed by atoms with Gasteiger partial charge in [-0.25, -0.2) is 0 Å². The highest BCUT2D eigenvalue weighted by Gasteiger charge is 2.15. The summed E-state index contributed by atoms with van der Waals surface area (Å²) in [4.78, 5) is 0. The van der Waals surface area contributed by atoms with Crippen molar-refractivity contribution in [1.29, 1.82) is 0 Å². The van der Waals surface area contributed by atoms with Gasteiger partial charge < -0.3 is 14.5 Å². The summed E-state index contributed by atoms with van der Waals surface area (Å²) in [6, 6.07) is 12.7. The third kappa shape index (κ3) is 4.99. The summed E-state index contributed by atoms with van der Waals surface area (Å²) >= 11 is 3.47. The average molecular weight is 352 g/mol. The number of methoxy groups -OCH3 is 1. The van der Waals surface area contributed by atoms with Gasteiger partial charge in [-0.2, -0.15) is 0 Å². The zero-order valence-corrected chi connectivity index (χ0v) is 14.2. The van der Waals surface area contributed by atoms with Crippen LogP contribution < -0.4 is 5.32 Å². The van der Waals surface area contributed by atoms with E-state index in [2.05, 4.69) is 52.4 Å². The summed E-state index contributed by atoms with van der Waals surface area (Å²) in [5.41, 5.74) is 1.29. The van der Waals surface area contributed by atoms with Crippen LogP contribution in [0.5, 0.6) is 0 Å². The fourth-order valence-electron chi connectivity index (χ4n) is 2.25. The van der Waals surface area contributed by atoms with Gasteiger partial charge in [-0.3, -0.25) is 0 Å². The quantitative estimate of drug-likeness (QED) is 0.761. The van der Waals surface area contributed by atoms with Gasteiger partial charge in [0, 0.05) is 11.6 Å². The molecule has 3 nitrogen and oxygen atoms in total. The lowest BCUT2D eigenvalue weighted by Crippen LogP contribution is -2.23. The Labute approximate surface area is 134 Å². The summed E-state index contributed by atoms with van der Waals surface area (Å²) in [6.07, 6.45) is 2.01. The van der Waals surface area contributed by atoms with Crippen LogP contribution in [0, 0.1) is 0 Å². The van der Waals surface area contributed by atoms with Crippen LogP contribution >= 0.6 is 15.9 Å². The van der Waals surface area contributed by atoms with Gasteiger partial charge in [0.1, 0.15) is 18.1 Å². The molecule has 1 N–H and O–H groups in total. The van der Waals surface area contributed by atoms with Crippen LogP contribution in [0.2, 0.25) is 0 Å². The van der Waals surface area contributed by atoms with Crippen LogP contribution in [-0.2, 0) is 17.8 Å². The Morgan fingerprint density at radius 3 is 2.62 bits per heavy atom. The minimum atomic E-state index is 0.191. The largest absolute Gasteiger partial charge is 0.462 e. The lowest BCUT2D eigenvalue weighted by molar-refractivity contribution is 0.161. The van der Waals surface area contributed by atoms with Gasteiger partial charge >= 0.3 is 0 Å². The number of halogens is 1. The van der Waals surface area contributed by atoms with Gasteiger partial charge in [-0.15, -0.1) is 0 Å². The van der Waals surface area contributed by atoms with Crippen LogP contribution in [0.1, 0.15) is 36.5 Å². The van der Waals surface area contributed by atoms with Crippen molar-refractivity contribution in [3.8, 4) is 0 Å². The molecule has 0 fully saturated rings. The predicted molar refractivity (Wildman–Crippen MR) is 88.3 cm³/mol. The number of ether oxygens (including phenoxy) is 1. The Kier molecular flexibility index (Phi) is 6.49. The minimum Gasteiger partial charge on any atom is -0.462 e. The standard InChI is InChI=1S/C17H22BrNO2/c1-3-10-19-16(11-13-4-6-14(18)7-5-13)17-9-8-15(21-17)12-20-2/h4-9,16,19H,3,10-12H2,1-2H3. The van der Waals surface area contributed by atoms with Crippen molar-refractivity contribution in [2.45, 2.75) is 32.4 Å². The molecule has 2 rings (SSSR count). The molecular weight excluding hydrogens is 330 g/mol. The monoisotopic (exact) mass is 351 g/mol. The molecule has 0 amide bonds. The Bertz CT molecular complexity index is 536. The van der Waals surface area contributed by atoms with E-state index in [1.807, 2.05) is 12.1 Å². The number of nitrogens with one attached hydrogen (secondary N) is 1. The van der Waals surface area contributed by atoms with Gasteiger partial charge in [0.25, 0.3) is 0 Å². The molecule has 1 aromatic carbocycles. The van der Waals surface area contributed by atoms with Crippen molar-refractivity contribution >= 4 is 15.9 Å². The Balaban J connectivity index is 2.10. The van der Waals surface area contributed by atoms with Crippen LogP contribution in [0.15, 0.2) is 45.3 Å². The van der Waals surface area contributed by atoms with Crippen molar-refractivity contribution in [1.82, 2.24) is 5.32 Å². The maximum Gasteiger partial charge on any atom is 0.129 e. The fourth-order valence-corrected chi connectivity index (χ4v) is 2.51. The Hall–Kier alpha value is -1.10. The zero-order chi connectivity index (χ0) is 15.1. The molecule has 2 aromatic rings. The SMILES string of the molecule is CCCNC(Cc1ccc(Br)cc1)c1ccc(COC)o1. The predicted octanol–water partition coefficient (Wildman–Crippen LogP) is 4.47. The molecule has 21 heavy (non-hydrogen) atoms. The summed E-state index contributed by atoms with van der Waals surface area (Å²) in [5, 5.41) is 3.56. The minimum absolute atomic E-state index is 0.191. The van der Waals surface area contributed by atoms with Gasteiger partial charge in [0.05, 0.1) is 6.04 Å². The van der Waals surface area contributed by atoms with E-state index < -0.39 is 0 Å². The van der Waals surface area contributed by atoms with Crippen LogP contribution in [0.25, 0.3) is 0 Å². The third-order valence-electron chi connectivity index (χ3n) is 3.31. The molecule has 0 spiro atoms. The van der Waals surface area contributed by atoms with E-state index in [-0.39, 0.29) is 6.04 Å². The summed E-state index contributed by atoms with van der Waals surface area (Å²) < 4.78 is 12.1. The van der Waals surface area contributed by atoms with Crippen molar-refractivity contribution in [3.63, 3.8) is 0 Å². The molecule has 0 aliphatic rings. The molecule has 4 heteroatoms. The molecule has 0 aliphatic heterocycles. The first-order valence-corrected chi connectivity index (χ1v) is 8.07. The van der Waals surface area contributed by atoms with Crippen molar-refractivity contribution in [2.75, 3.05) is 13.7 Å². The second-order valence-electron chi connectivity index (χ2n) is 5.07. The van der Waals surface area contributed by atoms with Gasteiger partial charge in [0.15, 0.2) is 0 Å². The Morgan fingerprint density at radius 2 is 1.95 bits per heavy atom. The summed E-state index contributed by atoms with van der Waals surface area (Å²) in [6.45, 7) is 3.66. The number of benzene rings is 1. The third-order valence-corrected chi connectivity index (χ3v) is 3.83. The molecule has 1 atom stereocenters. The zero-order valence-electron chi connectivity index (χ0n) is 12.6. The van der Waals surface area contributed by atoms with Crippen molar-refractivity contribution < 1.29 is 9.15 Å². The van der Waals surface area contributed by atoms with E-state index in [0.717, 1.165) is 35.4 Å². The lowest BCUT2D eigenvalue weighted by atomic mass is 10.0. The molecule has 114 valence electrons. The van der Waals surface area contributed by atoms with E-state index >= 15 is 0 Å². The van der Waals surface area contributed by atoms with E-state index in [1.54, 1.807) is 7.11 Å². The van der Waals surface area contributed by atoms with Gasteiger partial charge in [-0.1, -0.05) is 35.0 Å². The highest BCUT2D eigenvalue weighted by Crippen LogP contribution is 2.22. The molecule has 1 heterocycles. The van der Waals surface area contributed by atoms with E-state index in [1.165, 1.54) is 5.56 Å². The van der Waals surface area contributed by atoms with E-state index in [4.69, 9.17) is 9.15 Å². The molecule has 1 unspecified atom stereocenters. The van der Waals surface area contributed by atoms with Gasteiger partial charge in [-0.05, 0) is 49.2 Å². The highest BCUT2D eigenvalue weighted by molar-refractivity contribution is 9.10. The summed E-state index contributed by atoms with van der Waals surface area (Å²) in [5.74, 6) is 1.84. The van der Waals surface area contributed by atoms with E-state index in [9.17, 15) is 0 Å². The number of hydrogen-bond donors (Lipinski definition) is 1. The lowest BCUT2D eigenvalue weighted by Gasteiger charge is -2.16. The maximum atomic E-state index is 5.88. The second kappa shape index (κ2) is 8.37. The molecule has 1 aromatic heterocycles. The first kappa shape index (κ1) is 16.3. The van der Waals surface area contributed by atoms with Crippen molar-refractivity contribution in [2.24, 2.45) is 0 Å². The first-order valence-electron chi connectivity index (χ1n) is 7.28. The fraction of sp³-hybridized carbons (Fsp3) is 0.412. The van der Waals surface area contributed by atoms with Crippen LogP contribution in [-0.4, -0.2) is 13.7 Å². The molecular formula is C17H22BrNO2. The number of furan rings is 1. The van der Waals surface area contributed by atoms with E-state index in [0.29, 0.717) is 6.61 Å². The molecule has 0 saturated carbocycles. The molecule has 0 radical (unpaired) electrons. The highest BCUT2D eigenvalue weighted by atomic mass is 79.9.